The Morgan fingerprint density at radius 1 is 1.00 bits per heavy atom. The van der Waals surface area contributed by atoms with Gasteiger partial charge in [0.2, 0.25) is 0 Å². The number of aliphatic hydroxyl groups excluding tert-OH is 1. The highest BCUT2D eigenvalue weighted by atomic mass is 35.5. The van der Waals surface area contributed by atoms with E-state index in [1.165, 1.54) is 12.1 Å². The molecule has 1 saturated carbocycles. The Bertz CT molecular complexity index is 892. The Morgan fingerprint density at radius 3 is 2.34 bits per heavy atom. The molecule has 29 heavy (non-hydrogen) atoms. The largest absolute Gasteiger partial charge is 0.396 e. The van der Waals surface area contributed by atoms with Crippen molar-refractivity contribution in [2.24, 2.45) is 11.8 Å². The molecule has 0 aromatic heterocycles. The van der Waals surface area contributed by atoms with Crippen LogP contribution in [0.1, 0.15) is 29.5 Å². The maximum absolute atomic E-state index is 12.5. The minimum Gasteiger partial charge on any atom is -0.396 e. The molecule has 3 atom stereocenters. The summed E-state index contributed by atoms with van der Waals surface area (Å²) < 4.78 is 11.3. The van der Waals surface area contributed by atoms with Gasteiger partial charge in [0.15, 0.2) is 0 Å². The Balaban J connectivity index is 1.67. The fourth-order valence-corrected chi connectivity index (χ4v) is 5.08. The highest BCUT2D eigenvalue weighted by molar-refractivity contribution is 7.60. The van der Waals surface area contributed by atoms with E-state index in [9.17, 15) is 19.1 Å². The molecule has 3 rings (SSSR count). The maximum Gasteiger partial charge on any atom is 0.356 e. The van der Waals surface area contributed by atoms with Crippen LogP contribution in [0.25, 0.3) is 0 Å². The third-order valence-corrected chi connectivity index (χ3v) is 7.12. The topological polar surface area (TPSA) is 94.8 Å². The van der Waals surface area contributed by atoms with Crippen molar-refractivity contribution in [3.8, 4) is 0 Å². The van der Waals surface area contributed by atoms with Gasteiger partial charge >= 0.3 is 7.60 Å². The van der Waals surface area contributed by atoms with Crippen LogP contribution in [0.4, 0.5) is 0 Å². The molecule has 0 spiro atoms. The van der Waals surface area contributed by atoms with Crippen molar-refractivity contribution < 1.29 is 24.3 Å². The van der Waals surface area contributed by atoms with Gasteiger partial charge in [0.1, 0.15) is 5.78 Å². The molecule has 0 bridgehead atoms. The first-order valence-corrected chi connectivity index (χ1v) is 11.8. The SMILES string of the molecule is O=C1CC(Cl)C(Cc2cccc(CCO)c2)[C@H]1CCc1ccc(P(=O)(O)O)cc1. The predicted molar refractivity (Wildman–Crippen MR) is 114 cm³/mol. The number of alkyl halides is 1. The lowest BCUT2D eigenvalue weighted by atomic mass is 9.85. The van der Waals surface area contributed by atoms with Crippen LogP contribution >= 0.6 is 19.2 Å². The Labute approximate surface area is 175 Å². The zero-order chi connectivity index (χ0) is 21.0. The van der Waals surface area contributed by atoms with Crippen LogP contribution in [0.5, 0.6) is 0 Å². The lowest BCUT2D eigenvalue weighted by molar-refractivity contribution is -0.121. The van der Waals surface area contributed by atoms with E-state index >= 15 is 0 Å². The molecular weight excluding hydrogens is 411 g/mol. The third-order valence-electron chi connectivity index (χ3n) is 5.67. The van der Waals surface area contributed by atoms with Gasteiger partial charge in [0.05, 0.1) is 5.30 Å². The van der Waals surface area contributed by atoms with Gasteiger partial charge in [0.25, 0.3) is 0 Å². The summed E-state index contributed by atoms with van der Waals surface area (Å²) in [5, 5.41) is 8.96. The van der Waals surface area contributed by atoms with Gasteiger partial charge in [-0.15, -0.1) is 11.6 Å². The van der Waals surface area contributed by atoms with E-state index in [1.807, 2.05) is 18.2 Å². The van der Waals surface area contributed by atoms with E-state index in [4.69, 9.17) is 16.7 Å². The van der Waals surface area contributed by atoms with Crippen LogP contribution in [0, 0.1) is 11.8 Å². The number of carbonyl (C=O) groups is 1. The molecule has 0 amide bonds. The van der Waals surface area contributed by atoms with Crippen molar-refractivity contribution in [1.29, 1.82) is 0 Å². The summed E-state index contributed by atoms with van der Waals surface area (Å²) in [5.41, 5.74) is 3.14. The second kappa shape index (κ2) is 9.55. The normalized spacial score (nSPS) is 22.2. The van der Waals surface area contributed by atoms with E-state index in [2.05, 4.69) is 6.07 Å². The molecule has 2 unspecified atom stereocenters. The standard InChI is InChI=1S/C22H26ClO5P/c23-21-14-22(25)19(9-6-15-4-7-18(8-5-15)29(26,27)28)20(21)13-17-3-1-2-16(12-17)10-11-24/h1-5,7-8,12,19-21,24H,6,9-11,13-14H2,(H2,26,27,28)/t19-,20?,21?/m1/s1. The van der Waals surface area contributed by atoms with Gasteiger partial charge < -0.3 is 14.9 Å². The lowest BCUT2D eigenvalue weighted by Gasteiger charge is -2.21. The van der Waals surface area contributed by atoms with Crippen molar-refractivity contribution in [2.75, 3.05) is 6.61 Å². The number of aliphatic hydroxyl groups is 1. The van der Waals surface area contributed by atoms with Gasteiger partial charge in [-0.2, -0.15) is 0 Å². The van der Waals surface area contributed by atoms with Gasteiger partial charge in [-0.3, -0.25) is 9.36 Å². The van der Waals surface area contributed by atoms with Crippen LogP contribution in [-0.4, -0.2) is 32.7 Å². The fraction of sp³-hybridized carbons (Fsp3) is 0.409. The van der Waals surface area contributed by atoms with E-state index in [1.54, 1.807) is 12.1 Å². The van der Waals surface area contributed by atoms with Crippen molar-refractivity contribution in [3.05, 3.63) is 65.2 Å². The summed E-state index contributed by atoms with van der Waals surface area (Å²) in [4.78, 5) is 31.0. The van der Waals surface area contributed by atoms with Gasteiger partial charge in [-0.25, -0.2) is 0 Å². The van der Waals surface area contributed by atoms with E-state index in [-0.39, 0.29) is 34.9 Å². The number of Topliss-reactive ketones (excluding diaryl/α,β-unsaturated/α-hetero) is 1. The second-order valence-electron chi connectivity index (χ2n) is 7.70. The summed E-state index contributed by atoms with van der Waals surface area (Å²) >= 11 is 6.52. The quantitative estimate of drug-likeness (QED) is 0.437. The minimum atomic E-state index is -4.24. The van der Waals surface area contributed by atoms with E-state index < -0.39 is 7.60 Å². The summed E-state index contributed by atoms with van der Waals surface area (Å²) in [7, 11) is -4.24. The average molecular weight is 437 g/mol. The molecule has 1 aliphatic carbocycles. The molecule has 156 valence electrons. The fourth-order valence-electron chi connectivity index (χ4n) is 4.12. The Kier molecular flexibility index (Phi) is 7.31. The first-order valence-electron chi connectivity index (χ1n) is 9.78. The summed E-state index contributed by atoms with van der Waals surface area (Å²) in [6, 6.07) is 14.4. The number of hydrogen-bond donors (Lipinski definition) is 3. The number of benzene rings is 2. The van der Waals surface area contributed by atoms with Crippen molar-refractivity contribution in [2.45, 2.75) is 37.5 Å². The third kappa shape index (κ3) is 5.78. The molecule has 2 aromatic rings. The molecule has 0 aliphatic heterocycles. The highest BCUT2D eigenvalue weighted by Crippen LogP contribution is 2.38. The van der Waals surface area contributed by atoms with Crippen LogP contribution < -0.4 is 5.30 Å². The summed E-state index contributed by atoms with van der Waals surface area (Å²) in [6.07, 6.45) is 3.03. The molecule has 0 radical (unpaired) electrons. The van der Waals surface area contributed by atoms with Gasteiger partial charge in [-0.05, 0) is 60.4 Å². The molecule has 7 heteroatoms. The van der Waals surface area contributed by atoms with Gasteiger partial charge in [0, 0.05) is 24.3 Å². The maximum atomic E-state index is 12.5. The number of rotatable bonds is 8. The summed E-state index contributed by atoms with van der Waals surface area (Å²) in [5.74, 6) is 0.122. The van der Waals surface area contributed by atoms with Crippen LogP contribution in [0.15, 0.2) is 48.5 Å². The van der Waals surface area contributed by atoms with Crippen LogP contribution in [0.2, 0.25) is 0 Å². The van der Waals surface area contributed by atoms with Crippen molar-refractivity contribution in [3.63, 3.8) is 0 Å². The Morgan fingerprint density at radius 2 is 1.69 bits per heavy atom. The molecule has 0 heterocycles. The number of carbonyl (C=O) groups excluding carboxylic acids is 1. The summed E-state index contributed by atoms with van der Waals surface area (Å²) in [6.45, 7) is 0.104. The smallest absolute Gasteiger partial charge is 0.356 e. The molecule has 1 fully saturated rings. The number of ketones is 1. The number of aryl methyl sites for hydroxylation is 1. The van der Waals surface area contributed by atoms with Gasteiger partial charge in [-0.1, -0.05) is 36.4 Å². The van der Waals surface area contributed by atoms with Crippen LogP contribution in [-0.2, 0) is 28.6 Å². The predicted octanol–water partition coefficient (Wildman–Crippen LogP) is 3.01. The highest BCUT2D eigenvalue weighted by Gasteiger charge is 2.40. The van der Waals surface area contributed by atoms with Crippen molar-refractivity contribution in [1.82, 2.24) is 0 Å². The second-order valence-corrected chi connectivity index (χ2v) is 9.87. The molecule has 2 aromatic carbocycles. The first-order chi connectivity index (χ1) is 13.8. The lowest BCUT2D eigenvalue weighted by Crippen LogP contribution is -2.21. The van der Waals surface area contributed by atoms with E-state index in [0.29, 0.717) is 25.7 Å². The minimum absolute atomic E-state index is 0.000322. The molecule has 5 nitrogen and oxygen atoms in total. The zero-order valence-corrected chi connectivity index (χ0v) is 17.7. The monoisotopic (exact) mass is 436 g/mol. The number of hydrogen-bond acceptors (Lipinski definition) is 3. The van der Waals surface area contributed by atoms with E-state index in [0.717, 1.165) is 23.1 Å². The Hall–Kier alpha value is -1.49. The molecule has 1 aliphatic rings. The number of halogens is 1. The van der Waals surface area contributed by atoms with Crippen LogP contribution in [0.3, 0.4) is 0 Å². The zero-order valence-electron chi connectivity index (χ0n) is 16.1. The molecule has 0 saturated heterocycles. The van der Waals surface area contributed by atoms with Crippen molar-refractivity contribution >= 4 is 30.3 Å². The average Bonchev–Trinajstić information content (AvgIpc) is 2.93. The first kappa shape index (κ1) is 22.2. The molecular formula is C22H26ClO5P. The molecule has 3 N–H and O–H groups in total.